The quantitative estimate of drug-likeness (QED) is 0.545. The number of nitrogens with one attached hydrogen (secondary N) is 2. The van der Waals surface area contributed by atoms with Gasteiger partial charge in [0, 0.05) is 30.1 Å². The Hall–Kier alpha value is -3.17. The molecule has 1 aromatic carbocycles. The van der Waals surface area contributed by atoms with Crippen LogP contribution in [0.1, 0.15) is 36.1 Å². The molecule has 3 aromatic rings. The Balaban J connectivity index is 1.74. The topological polar surface area (TPSA) is 92.1 Å². The highest BCUT2D eigenvalue weighted by atomic mass is 19.3. The monoisotopic (exact) mass is 441 g/mol. The molecule has 0 spiro atoms. The van der Waals surface area contributed by atoms with E-state index in [-0.39, 0.29) is 17.2 Å². The zero-order chi connectivity index (χ0) is 22.9. The summed E-state index contributed by atoms with van der Waals surface area (Å²) >= 11 is 0. The molecule has 32 heavy (non-hydrogen) atoms. The van der Waals surface area contributed by atoms with Crippen LogP contribution < -0.4 is 16.2 Å². The normalized spacial score (nSPS) is 15.5. The van der Waals surface area contributed by atoms with Crippen LogP contribution in [0.5, 0.6) is 0 Å². The number of aryl methyl sites for hydroxylation is 1. The predicted octanol–water partition coefficient (Wildman–Crippen LogP) is 2.96. The Morgan fingerprint density at radius 3 is 2.88 bits per heavy atom. The van der Waals surface area contributed by atoms with E-state index in [0.717, 1.165) is 23.9 Å². The zero-order valence-electron chi connectivity index (χ0n) is 17.9. The highest BCUT2D eigenvalue weighted by molar-refractivity contribution is 5.91. The first-order valence-corrected chi connectivity index (χ1v) is 10.4. The van der Waals surface area contributed by atoms with E-state index in [1.54, 1.807) is 17.7 Å². The van der Waals surface area contributed by atoms with Gasteiger partial charge in [-0.15, -0.1) is 5.10 Å². The summed E-state index contributed by atoms with van der Waals surface area (Å²) in [5.74, 6) is -2.86. The summed E-state index contributed by atoms with van der Waals surface area (Å²) in [6.07, 6.45) is 4.31. The smallest absolute Gasteiger partial charge is 0.295 e. The predicted molar refractivity (Wildman–Crippen MR) is 120 cm³/mol. The van der Waals surface area contributed by atoms with E-state index in [1.807, 2.05) is 19.1 Å². The molecule has 3 heterocycles. The van der Waals surface area contributed by atoms with Gasteiger partial charge in [-0.1, -0.05) is 24.3 Å². The van der Waals surface area contributed by atoms with E-state index in [9.17, 15) is 13.6 Å². The first kappa shape index (κ1) is 22.0. The number of benzene rings is 1. The van der Waals surface area contributed by atoms with Crippen LogP contribution in [0.15, 0.2) is 47.4 Å². The molecular formula is C23H25F2N5O2. The molecule has 1 aliphatic rings. The van der Waals surface area contributed by atoms with Gasteiger partial charge in [-0.3, -0.25) is 4.79 Å². The molecule has 3 N–H and O–H groups in total. The van der Waals surface area contributed by atoms with Crippen LogP contribution in [0, 0.1) is 0 Å². The Bertz CT molecular complexity index is 1240. The number of fused-ring (bicyclic) bond motifs is 1. The van der Waals surface area contributed by atoms with Gasteiger partial charge in [-0.25, -0.2) is 0 Å². The number of alkyl halides is 2. The molecule has 0 amide bonds. The number of anilines is 1. The molecule has 1 atom stereocenters. The summed E-state index contributed by atoms with van der Waals surface area (Å²) in [5.41, 5.74) is 2.49. The van der Waals surface area contributed by atoms with Gasteiger partial charge in [0.05, 0.1) is 17.8 Å². The van der Waals surface area contributed by atoms with Crippen molar-refractivity contribution in [3.8, 4) is 0 Å². The van der Waals surface area contributed by atoms with Crippen molar-refractivity contribution in [2.75, 3.05) is 25.0 Å². The molecule has 1 aliphatic heterocycles. The SMILES string of the molecule is C[C@@H](Nc1nncc2c1cc(C1=CCNCC1)c(=O)n2C)c1cccc(C(F)(F)CO)c1. The summed E-state index contributed by atoms with van der Waals surface area (Å²) in [6.45, 7) is 2.09. The van der Waals surface area contributed by atoms with Gasteiger partial charge in [-0.2, -0.15) is 13.9 Å². The maximum absolute atomic E-state index is 13.9. The van der Waals surface area contributed by atoms with Crippen molar-refractivity contribution < 1.29 is 13.9 Å². The van der Waals surface area contributed by atoms with E-state index in [4.69, 9.17) is 5.11 Å². The van der Waals surface area contributed by atoms with Crippen LogP contribution in [0.4, 0.5) is 14.6 Å². The Morgan fingerprint density at radius 2 is 2.16 bits per heavy atom. The van der Waals surface area contributed by atoms with Crippen molar-refractivity contribution in [1.82, 2.24) is 20.1 Å². The van der Waals surface area contributed by atoms with Crippen molar-refractivity contribution in [2.45, 2.75) is 25.3 Å². The number of nitrogens with zero attached hydrogens (tertiary/aromatic N) is 3. The fourth-order valence-electron chi connectivity index (χ4n) is 3.91. The van der Waals surface area contributed by atoms with E-state index >= 15 is 0 Å². The van der Waals surface area contributed by atoms with Gasteiger partial charge in [0.25, 0.3) is 11.5 Å². The number of aliphatic hydroxyl groups excluding tert-OH is 1. The molecule has 0 aliphatic carbocycles. The highest BCUT2D eigenvalue weighted by Gasteiger charge is 2.30. The first-order valence-electron chi connectivity index (χ1n) is 10.4. The molecule has 0 radical (unpaired) electrons. The van der Waals surface area contributed by atoms with Crippen molar-refractivity contribution in [3.63, 3.8) is 0 Å². The van der Waals surface area contributed by atoms with Crippen LogP contribution in [-0.4, -0.2) is 39.6 Å². The summed E-state index contributed by atoms with van der Waals surface area (Å²) in [4.78, 5) is 12.9. The molecule has 0 saturated carbocycles. The summed E-state index contributed by atoms with van der Waals surface area (Å²) in [5, 5.41) is 24.4. The van der Waals surface area contributed by atoms with Crippen LogP contribution in [0.2, 0.25) is 0 Å². The second kappa shape index (κ2) is 8.76. The molecular weight excluding hydrogens is 416 g/mol. The minimum absolute atomic E-state index is 0.100. The summed E-state index contributed by atoms with van der Waals surface area (Å²) in [6, 6.07) is 7.38. The molecule has 0 unspecified atom stereocenters. The minimum atomic E-state index is -3.31. The third-order valence-electron chi connectivity index (χ3n) is 5.82. The molecule has 4 rings (SSSR count). The van der Waals surface area contributed by atoms with E-state index in [0.29, 0.717) is 29.0 Å². The van der Waals surface area contributed by atoms with Crippen molar-refractivity contribution >= 4 is 22.3 Å². The molecule has 0 bridgehead atoms. The average Bonchev–Trinajstić information content (AvgIpc) is 2.82. The number of aliphatic hydroxyl groups is 1. The number of pyridine rings is 1. The van der Waals surface area contributed by atoms with Crippen molar-refractivity contribution in [3.05, 3.63) is 69.6 Å². The maximum atomic E-state index is 13.9. The van der Waals surface area contributed by atoms with Gasteiger partial charge in [0.2, 0.25) is 0 Å². The molecule has 168 valence electrons. The zero-order valence-corrected chi connectivity index (χ0v) is 17.9. The molecule has 0 saturated heterocycles. The number of hydrogen-bond donors (Lipinski definition) is 3. The lowest BCUT2D eigenvalue weighted by molar-refractivity contribution is -0.0556. The molecule has 0 fully saturated rings. The average molecular weight is 441 g/mol. The fraction of sp³-hybridized carbons (Fsp3) is 0.348. The minimum Gasteiger partial charge on any atom is -0.390 e. The first-order chi connectivity index (χ1) is 15.3. The Kier molecular flexibility index (Phi) is 6.03. The van der Waals surface area contributed by atoms with Gasteiger partial charge in [0.15, 0.2) is 5.82 Å². The van der Waals surface area contributed by atoms with Crippen molar-refractivity contribution in [1.29, 1.82) is 0 Å². The van der Waals surface area contributed by atoms with Crippen LogP contribution in [0.25, 0.3) is 16.5 Å². The number of halogens is 2. The third-order valence-corrected chi connectivity index (χ3v) is 5.82. The number of hydrogen-bond acceptors (Lipinski definition) is 6. The van der Waals surface area contributed by atoms with Crippen LogP contribution in [0.3, 0.4) is 0 Å². The fourth-order valence-corrected chi connectivity index (χ4v) is 3.91. The standard InChI is InChI=1S/C23H25F2N5O2/c1-14(16-4-3-5-17(10-16)23(24,25)13-31)28-21-19-11-18(15-6-8-26-9-7-15)22(32)30(2)20(19)12-27-29-21/h3-6,10-12,14,26,31H,7-9,13H2,1-2H3,(H,28,29)/t14-/m1/s1. The van der Waals surface area contributed by atoms with Crippen molar-refractivity contribution in [2.24, 2.45) is 7.05 Å². The summed E-state index contributed by atoms with van der Waals surface area (Å²) < 4.78 is 29.4. The van der Waals surface area contributed by atoms with Crippen LogP contribution >= 0.6 is 0 Å². The third kappa shape index (κ3) is 4.13. The lowest BCUT2D eigenvalue weighted by Gasteiger charge is -2.20. The van der Waals surface area contributed by atoms with Gasteiger partial charge >= 0.3 is 0 Å². The van der Waals surface area contributed by atoms with E-state index in [1.165, 1.54) is 24.4 Å². The van der Waals surface area contributed by atoms with Gasteiger partial charge in [-0.05, 0) is 43.2 Å². The maximum Gasteiger partial charge on any atom is 0.295 e. The molecule has 7 nitrogen and oxygen atoms in total. The van der Waals surface area contributed by atoms with Gasteiger partial charge in [0.1, 0.15) is 6.61 Å². The lowest BCUT2D eigenvalue weighted by atomic mass is 9.99. The number of rotatable bonds is 6. The molecule has 2 aromatic heterocycles. The highest BCUT2D eigenvalue weighted by Crippen LogP contribution is 2.31. The van der Waals surface area contributed by atoms with Gasteiger partial charge < -0.3 is 20.3 Å². The van der Waals surface area contributed by atoms with Crippen LogP contribution in [-0.2, 0) is 13.0 Å². The Labute approximate surface area is 183 Å². The lowest BCUT2D eigenvalue weighted by Crippen LogP contribution is -2.26. The van der Waals surface area contributed by atoms with E-state index in [2.05, 4.69) is 20.8 Å². The second-order valence-electron chi connectivity index (χ2n) is 7.95. The number of aromatic nitrogens is 3. The van der Waals surface area contributed by atoms with E-state index < -0.39 is 12.5 Å². The second-order valence-corrected chi connectivity index (χ2v) is 7.95. The largest absolute Gasteiger partial charge is 0.390 e. The summed E-state index contributed by atoms with van der Waals surface area (Å²) in [7, 11) is 1.70. The molecule has 9 heteroatoms. The Morgan fingerprint density at radius 1 is 1.34 bits per heavy atom.